The summed E-state index contributed by atoms with van der Waals surface area (Å²) in [5, 5.41) is 0.101. The van der Waals surface area contributed by atoms with Crippen LogP contribution in [-0.4, -0.2) is 8.32 Å². The van der Waals surface area contributed by atoms with Crippen LogP contribution in [0.5, 0.6) is 5.75 Å². The highest BCUT2D eigenvalue weighted by molar-refractivity contribution is 6.74. The van der Waals surface area contributed by atoms with Crippen LogP contribution >= 0.6 is 0 Å². The average molecular weight is 337 g/mol. The lowest BCUT2D eigenvalue weighted by Crippen LogP contribution is -2.43. The first-order valence-electron chi connectivity index (χ1n) is 7.76. The monoisotopic (exact) mass is 337 g/mol. The minimum atomic E-state index is -1.92. The van der Waals surface area contributed by atoms with Gasteiger partial charge in [0.15, 0.2) is 0 Å². The fraction of sp³-hybridized carbons (Fsp3) is 0.444. The summed E-state index contributed by atoms with van der Waals surface area (Å²) < 4.78 is 33.2. The second kappa shape index (κ2) is 5.87. The van der Waals surface area contributed by atoms with Gasteiger partial charge in [-0.05, 0) is 41.9 Å². The van der Waals surface area contributed by atoms with E-state index in [1.54, 1.807) is 12.1 Å². The molecule has 0 heterocycles. The fourth-order valence-corrected chi connectivity index (χ4v) is 3.32. The maximum atomic E-state index is 13.5. The predicted molar refractivity (Wildman–Crippen MR) is 93.1 cm³/mol. The molecule has 0 saturated heterocycles. The van der Waals surface area contributed by atoms with Crippen LogP contribution in [0.25, 0.3) is 0 Å². The highest BCUT2D eigenvalue weighted by Gasteiger charge is 2.39. The minimum absolute atomic E-state index is 0.0388. The van der Waals surface area contributed by atoms with E-state index in [4.69, 9.17) is 10.2 Å². The van der Waals surface area contributed by atoms with Crippen molar-refractivity contribution in [1.29, 1.82) is 0 Å². The number of halogens is 2. The van der Waals surface area contributed by atoms with Crippen LogP contribution in [-0.2, 0) is 5.54 Å². The van der Waals surface area contributed by atoms with Crippen molar-refractivity contribution >= 4 is 8.32 Å². The van der Waals surface area contributed by atoms with Gasteiger partial charge < -0.3 is 10.2 Å². The van der Waals surface area contributed by atoms with Gasteiger partial charge in [0.2, 0.25) is 8.32 Å². The Bertz CT molecular complexity index is 644. The molecule has 2 N–H and O–H groups in total. The molecule has 2 nitrogen and oxygen atoms in total. The lowest BCUT2D eigenvalue weighted by molar-refractivity contribution is 0.444. The Labute approximate surface area is 138 Å². The fourth-order valence-electron chi connectivity index (χ4n) is 2.29. The van der Waals surface area contributed by atoms with E-state index in [-0.39, 0.29) is 11.5 Å². The molecule has 1 atom stereocenters. The van der Waals surface area contributed by atoms with Crippen LogP contribution in [0.3, 0.4) is 0 Å². The van der Waals surface area contributed by atoms with Crippen LogP contribution in [0.15, 0.2) is 48.1 Å². The van der Waals surface area contributed by atoms with Gasteiger partial charge in [-0.15, -0.1) is 0 Å². The Kier molecular flexibility index (Phi) is 4.57. The summed E-state index contributed by atoms with van der Waals surface area (Å²) in [4.78, 5) is 0. The normalized spacial score (nSPS) is 22.4. The van der Waals surface area contributed by atoms with Gasteiger partial charge in [0.1, 0.15) is 17.4 Å². The summed E-state index contributed by atoms with van der Waals surface area (Å²) in [5.41, 5.74) is 5.69. The molecular formula is C18H25F2NOSi. The quantitative estimate of drug-likeness (QED) is 0.756. The van der Waals surface area contributed by atoms with Crippen LogP contribution < -0.4 is 10.2 Å². The van der Waals surface area contributed by atoms with Gasteiger partial charge in [-0.2, -0.15) is 0 Å². The highest BCUT2D eigenvalue weighted by atomic mass is 28.4. The van der Waals surface area contributed by atoms with E-state index < -0.39 is 25.5 Å². The molecule has 0 fully saturated rings. The Morgan fingerprint density at radius 3 is 2.17 bits per heavy atom. The lowest BCUT2D eigenvalue weighted by atomic mass is 9.84. The van der Waals surface area contributed by atoms with Crippen molar-refractivity contribution in [3.05, 3.63) is 53.6 Å². The van der Waals surface area contributed by atoms with Gasteiger partial charge in [-0.25, -0.2) is 8.78 Å². The summed E-state index contributed by atoms with van der Waals surface area (Å²) in [6, 6.07) is 7.22. The molecule has 0 aromatic heterocycles. The molecule has 0 radical (unpaired) electrons. The van der Waals surface area contributed by atoms with Gasteiger partial charge in [-0.1, -0.05) is 32.9 Å². The topological polar surface area (TPSA) is 35.2 Å². The summed E-state index contributed by atoms with van der Waals surface area (Å²) in [6.45, 7) is 10.9. The number of hydrogen-bond acceptors (Lipinski definition) is 2. The van der Waals surface area contributed by atoms with E-state index in [1.807, 2.05) is 12.1 Å². The molecular weight excluding hydrogens is 312 g/mol. The van der Waals surface area contributed by atoms with E-state index in [2.05, 4.69) is 33.9 Å². The molecule has 0 spiro atoms. The Morgan fingerprint density at radius 2 is 1.70 bits per heavy atom. The molecule has 0 aliphatic heterocycles. The lowest BCUT2D eigenvalue weighted by Gasteiger charge is -2.36. The summed E-state index contributed by atoms with van der Waals surface area (Å²) in [6.07, 6.45) is 2.10. The maximum absolute atomic E-state index is 13.5. The SMILES string of the molecule is CC(C)(C)[Si](C)(C)Oc1ccc(C2(N)C=C(F)C=C(F)C2)cc1. The Morgan fingerprint density at radius 1 is 1.13 bits per heavy atom. The van der Waals surface area contributed by atoms with Gasteiger partial charge in [0.05, 0.1) is 5.54 Å². The third kappa shape index (κ3) is 3.90. The van der Waals surface area contributed by atoms with E-state index in [1.165, 1.54) is 6.08 Å². The van der Waals surface area contributed by atoms with Crippen molar-refractivity contribution in [3.63, 3.8) is 0 Å². The van der Waals surface area contributed by atoms with Gasteiger partial charge in [0.25, 0.3) is 0 Å². The first kappa shape index (κ1) is 17.9. The van der Waals surface area contributed by atoms with Crippen molar-refractivity contribution in [2.45, 2.75) is 50.9 Å². The molecule has 0 saturated carbocycles. The summed E-state index contributed by atoms with van der Waals surface area (Å²) in [5.74, 6) is -0.424. The third-order valence-corrected chi connectivity index (χ3v) is 9.08. The molecule has 1 aromatic rings. The maximum Gasteiger partial charge on any atom is 0.250 e. The molecule has 1 aliphatic rings. The standard InChI is InChI=1S/C18H25F2NOSi/c1-17(2,3)23(4,5)22-16-8-6-13(7-9-16)18(21)11-14(19)10-15(20)12-18/h6-11H,12,21H2,1-5H3. The summed E-state index contributed by atoms with van der Waals surface area (Å²) in [7, 11) is -1.92. The molecule has 1 aromatic carbocycles. The molecule has 0 bridgehead atoms. The van der Waals surface area contributed by atoms with Gasteiger partial charge >= 0.3 is 0 Å². The zero-order valence-electron chi connectivity index (χ0n) is 14.4. The minimum Gasteiger partial charge on any atom is -0.544 e. The third-order valence-electron chi connectivity index (χ3n) is 4.72. The predicted octanol–water partition coefficient (Wildman–Crippen LogP) is 5.34. The number of nitrogens with two attached hydrogens (primary N) is 1. The molecule has 1 aliphatic carbocycles. The van der Waals surface area contributed by atoms with Crippen LogP contribution in [0, 0.1) is 0 Å². The molecule has 1 unspecified atom stereocenters. The first-order valence-corrected chi connectivity index (χ1v) is 10.7. The second-order valence-corrected chi connectivity index (χ2v) is 12.4. The largest absolute Gasteiger partial charge is 0.544 e. The zero-order valence-corrected chi connectivity index (χ0v) is 15.4. The average Bonchev–Trinajstić information content (AvgIpc) is 2.35. The smallest absolute Gasteiger partial charge is 0.250 e. The number of allylic oxidation sites excluding steroid dienone is 2. The van der Waals surface area contributed by atoms with Crippen molar-refractivity contribution in [2.75, 3.05) is 0 Å². The van der Waals surface area contributed by atoms with Crippen molar-refractivity contribution in [2.24, 2.45) is 5.73 Å². The van der Waals surface area contributed by atoms with Crippen LogP contribution in [0.4, 0.5) is 8.78 Å². The molecule has 0 amide bonds. The highest BCUT2D eigenvalue weighted by Crippen LogP contribution is 2.38. The first-order chi connectivity index (χ1) is 10.4. The molecule has 126 valence electrons. The van der Waals surface area contributed by atoms with Gasteiger partial charge in [0, 0.05) is 12.5 Å². The Hall–Kier alpha value is -1.46. The van der Waals surface area contributed by atoms with Gasteiger partial charge in [-0.3, -0.25) is 0 Å². The number of benzene rings is 1. The van der Waals surface area contributed by atoms with E-state index in [0.717, 1.165) is 11.8 Å². The number of hydrogen-bond donors (Lipinski definition) is 1. The molecule has 5 heteroatoms. The zero-order chi connectivity index (χ0) is 17.5. The van der Waals surface area contributed by atoms with Crippen LogP contribution in [0.2, 0.25) is 18.1 Å². The Balaban J connectivity index is 2.23. The van der Waals surface area contributed by atoms with Crippen molar-refractivity contribution in [1.82, 2.24) is 0 Å². The van der Waals surface area contributed by atoms with Crippen molar-refractivity contribution in [3.8, 4) is 5.75 Å². The second-order valence-electron chi connectivity index (χ2n) is 7.72. The van der Waals surface area contributed by atoms with E-state index in [0.29, 0.717) is 5.56 Å². The molecule has 23 heavy (non-hydrogen) atoms. The van der Waals surface area contributed by atoms with Crippen LogP contribution in [0.1, 0.15) is 32.8 Å². The number of rotatable bonds is 3. The van der Waals surface area contributed by atoms with Crippen molar-refractivity contribution < 1.29 is 13.2 Å². The van der Waals surface area contributed by atoms with E-state index >= 15 is 0 Å². The van der Waals surface area contributed by atoms with E-state index in [9.17, 15) is 8.78 Å². The molecule has 2 rings (SSSR count). The summed E-state index contributed by atoms with van der Waals surface area (Å²) >= 11 is 0.